The molecule has 0 spiro atoms. The van der Waals surface area contributed by atoms with Crippen molar-refractivity contribution < 1.29 is 23.8 Å². The number of aromatic amines is 1. The Hall–Kier alpha value is -1.97. The van der Waals surface area contributed by atoms with Gasteiger partial charge in [0.2, 0.25) is 5.75 Å². The molecule has 0 fully saturated rings. The average Bonchev–Trinajstić information content (AvgIpc) is 2.58. The lowest BCUT2D eigenvalue weighted by atomic mass is 10.2. The first-order valence-corrected chi connectivity index (χ1v) is 11.7. The fourth-order valence-electron chi connectivity index (χ4n) is 1.80. The number of hydrogen-bond acceptors (Lipinski definition) is 7. The molecule has 0 aliphatic heterocycles. The lowest BCUT2D eigenvalue weighted by Crippen LogP contribution is -2.40. The molecule has 0 atom stereocenters. The van der Waals surface area contributed by atoms with Crippen LogP contribution in [0.2, 0.25) is 18.1 Å². The number of carbonyl (C=O) groups is 1. The van der Waals surface area contributed by atoms with E-state index in [1.54, 1.807) is 0 Å². The van der Waals surface area contributed by atoms with Crippen molar-refractivity contribution in [3.63, 3.8) is 0 Å². The third-order valence-electron chi connectivity index (χ3n) is 4.53. The normalized spacial score (nSPS) is 12.5. The smallest absolute Gasteiger partial charge is 0.360 e. The average molecular weight is 399 g/mol. The summed E-state index contributed by atoms with van der Waals surface area (Å²) in [5.74, 6) is -1.38. The van der Waals surface area contributed by atoms with Gasteiger partial charge in [0.1, 0.15) is 5.82 Å². The Labute approximate surface area is 160 Å². The summed E-state index contributed by atoms with van der Waals surface area (Å²) in [6, 6.07) is 0. The van der Waals surface area contributed by atoms with Gasteiger partial charge in [-0.15, -0.1) is 0 Å². The number of methoxy groups -OCH3 is 1. The molecule has 0 saturated heterocycles. The van der Waals surface area contributed by atoms with Crippen molar-refractivity contribution in [2.75, 3.05) is 26.9 Å². The number of carbonyl (C=O) groups excluding carboxylic acids is 1. The minimum absolute atomic E-state index is 0.175. The van der Waals surface area contributed by atoms with Crippen molar-refractivity contribution in [1.29, 1.82) is 0 Å². The van der Waals surface area contributed by atoms with Gasteiger partial charge in [-0.05, 0) is 18.1 Å². The van der Waals surface area contributed by atoms with Gasteiger partial charge in [0.15, 0.2) is 14.0 Å². The highest BCUT2D eigenvalue weighted by Crippen LogP contribution is 2.36. The van der Waals surface area contributed by atoms with Crippen molar-refractivity contribution in [2.24, 2.45) is 0 Å². The number of ether oxygens (including phenoxy) is 2. The van der Waals surface area contributed by atoms with Crippen LogP contribution in [0.3, 0.4) is 0 Å². The summed E-state index contributed by atoms with van der Waals surface area (Å²) in [4.78, 5) is 29.4. The second-order valence-corrected chi connectivity index (χ2v) is 12.4. The van der Waals surface area contributed by atoms with Crippen molar-refractivity contribution in [1.82, 2.24) is 9.97 Å². The van der Waals surface area contributed by atoms with E-state index in [-0.39, 0.29) is 17.3 Å². The van der Waals surface area contributed by atoms with Crippen LogP contribution in [0.25, 0.3) is 0 Å². The molecule has 1 heterocycles. The number of nitrogens with one attached hydrogen (secondary N) is 1. The molecule has 0 aliphatic rings. The lowest BCUT2D eigenvalue weighted by molar-refractivity contribution is 0.0589. The van der Waals surface area contributed by atoms with E-state index in [2.05, 4.69) is 48.6 Å². The van der Waals surface area contributed by atoms with Gasteiger partial charge in [-0.3, -0.25) is 4.79 Å². The van der Waals surface area contributed by atoms with E-state index in [4.69, 9.17) is 9.16 Å². The highest BCUT2D eigenvalue weighted by atomic mass is 28.4. The zero-order valence-corrected chi connectivity index (χ0v) is 17.9. The first kappa shape index (κ1) is 23.1. The summed E-state index contributed by atoms with van der Waals surface area (Å²) < 4.78 is 16.0. The fraction of sp³-hybridized carbons (Fsp3) is 0.611. The summed E-state index contributed by atoms with van der Waals surface area (Å²) in [6.45, 7) is 12.2. The Bertz CT molecular complexity index is 722. The number of rotatable bonds is 9. The van der Waals surface area contributed by atoms with Crippen molar-refractivity contribution in [3.8, 4) is 5.75 Å². The molecule has 8 nitrogen and oxygen atoms in total. The maximum absolute atomic E-state index is 11.6. The zero-order valence-electron chi connectivity index (χ0n) is 16.9. The Morgan fingerprint density at radius 2 is 1.89 bits per heavy atom. The van der Waals surface area contributed by atoms with E-state index in [0.717, 1.165) is 7.11 Å². The Morgan fingerprint density at radius 1 is 1.26 bits per heavy atom. The highest BCUT2D eigenvalue weighted by molar-refractivity contribution is 6.74. The van der Waals surface area contributed by atoms with Gasteiger partial charge in [-0.2, -0.15) is 0 Å². The second-order valence-electron chi connectivity index (χ2n) is 7.57. The second kappa shape index (κ2) is 9.82. The molecule has 1 rings (SSSR count). The topological polar surface area (TPSA) is 111 Å². The van der Waals surface area contributed by atoms with Gasteiger partial charge >= 0.3 is 5.97 Å². The minimum Gasteiger partial charge on any atom is -0.501 e. The fourth-order valence-corrected chi connectivity index (χ4v) is 2.75. The molecule has 0 aliphatic carbocycles. The first-order valence-electron chi connectivity index (χ1n) is 8.76. The molecular weight excluding hydrogens is 368 g/mol. The lowest BCUT2D eigenvalue weighted by Gasteiger charge is -2.35. The first-order chi connectivity index (χ1) is 12.5. The molecule has 0 aromatic carbocycles. The van der Waals surface area contributed by atoms with E-state index in [1.807, 2.05) is 12.2 Å². The molecule has 1 aromatic rings. The van der Waals surface area contributed by atoms with Crippen LogP contribution >= 0.6 is 0 Å². The number of aromatic nitrogens is 2. The molecule has 2 N–H and O–H groups in total. The van der Waals surface area contributed by atoms with Gasteiger partial charge in [-0.1, -0.05) is 32.9 Å². The molecule has 0 bridgehead atoms. The number of hydrogen-bond donors (Lipinski definition) is 2. The molecule has 0 unspecified atom stereocenters. The number of aromatic hydroxyl groups is 1. The maximum atomic E-state index is 11.6. The minimum atomic E-state index is -1.74. The monoisotopic (exact) mass is 398 g/mol. The van der Waals surface area contributed by atoms with Gasteiger partial charge in [0, 0.05) is 6.42 Å². The van der Waals surface area contributed by atoms with Crippen LogP contribution in [0.1, 0.15) is 37.1 Å². The van der Waals surface area contributed by atoms with Crippen LogP contribution in [0, 0.1) is 0 Å². The van der Waals surface area contributed by atoms with Crippen LogP contribution in [0.15, 0.2) is 16.9 Å². The van der Waals surface area contributed by atoms with E-state index in [0.29, 0.717) is 19.8 Å². The van der Waals surface area contributed by atoms with Gasteiger partial charge in [0.05, 0.1) is 26.9 Å². The van der Waals surface area contributed by atoms with Crippen molar-refractivity contribution >= 4 is 14.3 Å². The predicted molar refractivity (Wildman–Crippen MR) is 105 cm³/mol. The van der Waals surface area contributed by atoms with Crippen molar-refractivity contribution in [2.45, 2.75) is 45.3 Å². The Balaban J connectivity index is 2.42. The third kappa shape index (κ3) is 6.93. The number of nitrogens with zero attached hydrogens (tertiary/aromatic N) is 1. The summed E-state index contributed by atoms with van der Waals surface area (Å²) in [5.41, 5.74) is -1.19. The van der Waals surface area contributed by atoms with Crippen LogP contribution < -0.4 is 5.56 Å². The zero-order chi connectivity index (χ0) is 20.7. The summed E-state index contributed by atoms with van der Waals surface area (Å²) in [7, 11) is -0.597. The highest BCUT2D eigenvalue weighted by Gasteiger charge is 2.36. The van der Waals surface area contributed by atoms with Gasteiger partial charge in [-0.25, -0.2) is 9.78 Å². The van der Waals surface area contributed by atoms with E-state index >= 15 is 0 Å². The molecule has 152 valence electrons. The molecule has 9 heteroatoms. The van der Waals surface area contributed by atoms with Crippen LogP contribution in [0.5, 0.6) is 5.75 Å². The molecule has 0 amide bonds. The van der Waals surface area contributed by atoms with Gasteiger partial charge < -0.3 is 24.0 Å². The van der Waals surface area contributed by atoms with Crippen LogP contribution in [-0.4, -0.2) is 56.3 Å². The molecule has 0 radical (unpaired) electrons. The summed E-state index contributed by atoms with van der Waals surface area (Å²) in [6.07, 6.45) is 4.09. The quantitative estimate of drug-likeness (QED) is 0.284. The predicted octanol–water partition coefficient (Wildman–Crippen LogP) is 2.40. The number of H-pyrrole nitrogens is 1. The molecular formula is C18H30N2O6Si. The van der Waals surface area contributed by atoms with Crippen LogP contribution in [0.4, 0.5) is 0 Å². The largest absolute Gasteiger partial charge is 0.501 e. The third-order valence-corrected chi connectivity index (χ3v) is 9.03. The van der Waals surface area contributed by atoms with Gasteiger partial charge in [0.25, 0.3) is 5.56 Å². The van der Waals surface area contributed by atoms with E-state index in [1.165, 1.54) is 0 Å². The molecule has 1 aromatic heterocycles. The van der Waals surface area contributed by atoms with E-state index < -0.39 is 31.3 Å². The standard InChI is InChI=1S/C18H30N2O6Si/c1-18(2,3)27(5,6)26-11-8-7-10-25-12-9-13-19-14(17(23)24-4)15(21)16(22)20-13/h7-8,21H,9-12H2,1-6H3,(H,19,20,22)/b8-7-. The summed E-state index contributed by atoms with van der Waals surface area (Å²) in [5, 5.41) is 9.74. The molecule has 0 saturated carbocycles. The van der Waals surface area contributed by atoms with E-state index in [9.17, 15) is 14.7 Å². The number of esters is 1. The van der Waals surface area contributed by atoms with Crippen molar-refractivity contribution in [3.05, 3.63) is 34.0 Å². The summed E-state index contributed by atoms with van der Waals surface area (Å²) >= 11 is 0. The Kier molecular flexibility index (Phi) is 8.39. The maximum Gasteiger partial charge on any atom is 0.360 e. The van der Waals surface area contributed by atoms with Crippen LogP contribution in [-0.2, 0) is 20.3 Å². The SMILES string of the molecule is COC(=O)c1nc(CCOC/C=C\CO[Si](C)(C)C(C)(C)C)[nH]c(=O)c1O. The Morgan fingerprint density at radius 3 is 2.48 bits per heavy atom. The molecule has 27 heavy (non-hydrogen) atoms.